The number of aromatic nitrogens is 1. The van der Waals surface area contributed by atoms with Gasteiger partial charge in [0.25, 0.3) is 0 Å². The molecular weight excluding hydrogens is 544 g/mol. The molecular formula is C43H32N2. The second kappa shape index (κ2) is 9.97. The lowest BCUT2D eigenvalue weighted by Crippen LogP contribution is -2.41. The molecule has 1 aliphatic carbocycles. The highest BCUT2D eigenvalue weighted by atomic mass is 15.2. The van der Waals surface area contributed by atoms with Gasteiger partial charge in [-0.25, -0.2) is 0 Å². The standard InChI is InChI=1S/C43H32N2/c1-43-27-11-10-17-39(43)38-29-33(24-26-42(38)45(43)35-14-6-3-7-15-35)31-21-19-30(20-22-31)32-23-25-41-37(28-32)36-16-8-9-18-40(36)44(41)34-12-4-2-5-13-34/h2-29,39H,1H3. The third kappa shape index (κ3) is 3.96. The highest BCUT2D eigenvalue weighted by Crippen LogP contribution is 2.54. The van der Waals surface area contributed by atoms with E-state index in [1.165, 1.54) is 66.7 Å². The van der Waals surface area contributed by atoms with Gasteiger partial charge in [-0.05, 0) is 89.3 Å². The van der Waals surface area contributed by atoms with Gasteiger partial charge >= 0.3 is 0 Å². The van der Waals surface area contributed by atoms with Crippen molar-refractivity contribution in [3.05, 3.63) is 175 Å². The van der Waals surface area contributed by atoms with E-state index >= 15 is 0 Å². The van der Waals surface area contributed by atoms with Crippen molar-refractivity contribution in [2.75, 3.05) is 4.90 Å². The van der Waals surface area contributed by atoms with Crippen LogP contribution in [0.1, 0.15) is 18.4 Å². The Labute approximate surface area is 263 Å². The first-order chi connectivity index (χ1) is 22.2. The van der Waals surface area contributed by atoms with Crippen LogP contribution >= 0.6 is 0 Å². The van der Waals surface area contributed by atoms with Crippen LogP contribution in [-0.2, 0) is 0 Å². The van der Waals surface area contributed by atoms with Crippen LogP contribution in [0, 0.1) is 0 Å². The van der Waals surface area contributed by atoms with Gasteiger partial charge in [0, 0.05) is 33.8 Å². The van der Waals surface area contributed by atoms with Crippen LogP contribution in [0.15, 0.2) is 170 Å². The van der Waals surface area contributed by atoms with Crippen molar-refractivity contribution in [2.45, 2.75) is 18.4 Å². The maximum atomic E-state index is 2.50. The Morgan fingerprint density at radius 1 is 0.511 bits per heavy atom. The van der Waals surface area contributed by atoms with Crippen molar-refractivity contribution >= 4 is 33.2 Å². The van der Waals surface area contributed by atoms with E-state index < -0.39 is 0 Å². The van der Waals surface area contributed by atoms with Gasteiger partial charge in [0.15, 0.2) is 0 Å². The summed E-state index contributed by atoms with van der Waals surface area (Å²) in [5.74, 6) is 0.293. The number of hydrogen-bond acceptors (Lipinski definition) is 1. The van der Waals surface area contributed by atoms with Crippen molar-refractivity contribution in [1.29, 1.82) is 0 Å². The average Bonchev–Trinajstić information content (AvgIpc) is 3.57. The van der Waals surface area contributed by atoms with Crippen LogP contribution in [0.4, 0.5) is 11.4 Å². The summed E-state index contributed by atoms with van der Waals surface area (Å²) in [6, 6.07) is 53.1. The number of fused-ring (bicyclic) bond motifs is 6. The quantitative estimate of drug-likeness (QED) is 0.202. The summed E-state index contributed by atoms with van der Waals surface area (Å²) in [4.78, 5) is 2.50. The third-order valence-corrected chi connectivity index (χ3v) is 9.82. The fraction of sp³-hybridized carbons (Fsp3) is 0.0698. The summed E-state index contributed by atoms with van der Waals surface area (Å²) in [6.45, 7) is 2.35. The predicted octanol–water partition coefficient (Wildman–Crippen LogP) is 11.2. The van der Waals surface area contributed by atoms with E-state index in [1.807, 2.05) is 0 Å². The van der Waals surface area contributed by atoms with E-state index in [4.69, 9.17) is 0 Å². The molecule has 0 amide bonds. The van der Waals surface area contributed by atoms with Gasteiger partial charge in [0.2, 0.25) is 0 Å². The van der Waals surface area contributed by atoms with Gasteiger partial charge < -0.3 is 9.47 Å². The summed E-state index contributed by atoms with van der Waals surface area (Å²) in [5.41, 5.74) is 12.3. The molecule has 2 unspecified atom stereocenters. The van der Waals surface area contributed by atoms with Crippen LogP contribution in [0.5, 0.6) is 0 Å². The van der Waals surface area contributed by atoms with Crippen LogP contribution in [0.2, 0.25) is 0 Å². The van der Waals surface area contributed by atoms with Crippen LogP contribution < -0.4 is 4.90 Å². The lowest BCUT2D eigenvalue weighted by molar-refractivity contribution is 0.542. The highest BCUT2D eigenvalue weighted by molar-refractivity contribution is 6.10. The van der Waals surface area contributed by atoms with Crippen molar-refractivity contribution in [1.82, 2.24) is 4.57 Å². The molecule has 2 nitrogen and oxygen atoms in total. The number of rotatable bonds is 4. The molecule has 0 radical (unpaired) electrons. The molecule has 1 aliphatic heterocycles. The summed E-state index contributed by atoms with van der Waals surface area (Å²) >= 11 is 0. The van der Waals surface area contributed by atoms with E-state index in [1.54, 1.807) is 0 Å². The molecule has 0 fully saturated rings. The van der Waals surface area contributed by atoms with Crippen LogP contribution in [0.25, 0.3) is 49.7 Å². The Bertz CT molecular complexity index is 2270. The monoisotopic (exact) mass is 576 g/mol. The average molecular weight is 577 g/mol. The highest BCUT2D eigenvalue weighted by Gasteiger charge is 2.46. The zero-order valence-corrected chi connectivity index (χ0v) is 25.1. The maximum absolute atomic E-state index is 2.50. The van der Waals surface area contributed by atoms with Gasteiger partial charge in [-0.3, -0.25) is 0 Å². The van der Waals surface area contributed by atoms with Gasteiger partial charge in [-0.1, -0.05) is 115 Å². The molecule has 0 spiro atoms. The number of nitrogens with zero attached hydrogens (tertiary/aromatic N) is 2. The second-order valence-electron chi connectivity index (χ2n) is 12.4. The second-order valence-corrected chi connectivity index (χ2v) is 12.4. The molecule has 2 atom stereocenters. The minimum absolute atomic E-state index is 0.136. The molecule has 7 aromatic rings. The van der Waals surface area contributed by atoms with Crippen molar-refractivity contribution in [2.24, 2.45) is 0 Å². The fourth-order valence-corrected chi connectivity index (χ4v) is 7.66. The number of para-hydroxylation sites is 3. The molecule has 2 aliphatic rings. The molecule has 6 aromatic carbocycles. The Kier molecular flexibility index (Phi) is 5.73. The largest absolute Gasteiger partial charge is 0.331 e. The zero-order valence-electron chi connectivity index (χ0n) is 25.1. The number of hydrogen-bond donors (Lipinski definition) is 0. The summed E-state index contributed by atoms with van der Waals surface area (Å²) in [7, 11) is 0. The Morgan fingerprint density at radius 3 is 1.87 bits per heavy atom. The molecule has 214 valence electrons. The fourth-order valence-electron chi connectivity index (χ4n) is 7.66. The first-order valence-electron chi connectivity index (χ1n) is 15.7. The molecule has 2 heterocycles. The van der Waals surface area contributed by atoms with Crippen molar-refractivity contribution in [3.8, 4) is 27.9 Å². The Balaban J connectivity index is 1.09. The maximum Gasteiger partial charge on any atom is 0.0712 e. The Hall–Kier alpha value is -5.60. The van der Waals surface area contributed by atoms with Gasteiger partial charge in [0.1, 0.15) is 0 Å². The Morgan fingerprint density at radius 2 is 1.11 bits per heavy atom. The van der Waals surface area contributed by atoms with E-state index in [9.17, 15) is 0 Å². The number of anilines is 2. The minimum atomic E-state index is -0.136. The van der Waals surface area contributed by atoms with Gasteiger partial charge in [-0.15, -0.1) is 0 Å². The topological polar surface area (TPSA) is 8.17 Å². The predicted molar refractivity (Wildman–Crippen MR) is 190 cm³/mol. The van der Waals surface area contributed by atoms with Crippen molar-refractivity contribution < 1.29 is 0 Å². The lowest BCUT2D eigenvalue weighted by atomic mass is 9.80. The van der Waals surface area contributed by atoms with E-state index in [0.717, 1.165) is 0 Å². The smallest absolute Gasteiger partial charge is 0.0712 e. The normalized spacial score (nSPS) is 18.4. The first kappa shape index (κ1) is 25.9. The summed E-state index contributed by atoms with van der Waals surface area (Å²) in [6.07, 6.45) is 9.10. The minimum Gasteiger partial charge on any atom is -0.331 e. The first-order valence-corrected chi connectivity index (χ1v) is 15.7. The molecule has 0 saturated heterocycles. The molecule has 1 aromatic heterocycles. The molecule has 45 heavy (non-hydrogen) atoms. The van der Waals surface area contributed by atoms with E-state index in [-0.39, 0.29) is 5.54 Å². The third-order valence-electron chi connectivity index (χ3n) is 9.82. The van der Waals surface area contributed by atoms with Crippen molar-refractivity contribution in [3.63, 3.8) is 0 Å². The van der Waals surface area contributed by atoms with Gasteiger partial charge in [0.05, 0.1) is 16.6 Å². The van der Waals surface area contributed by atoms with Crippen LogP contribution in [0.3, 0.4) is 0 Å². The summed E-state index contributed by atoms with van der Waals surface area (Å²) in [5, 5.41) is 2.55. The SMILES string of the molecule is CC12C=CC=CC1c1cc(-c3ccc(-c4ccc5c(c4)c4ccccc4n5-c4ccccc4)cc3)ccc1N2c1ccccc1. The molecule has 2 heteroatoms. The number of allylic oxidation sites excluding steroid dienone is 2. The zero-order chi connectivity index (χ0) is 30.0. The van der Waals surface area contributed by atoms with Gasteiger partial charge in [-0.2, -0.15) is 0 Å². The van der Waals surface area contributed by atoms with E-state index in [2.05, 4.69) is 186 Å². The molecule has 0 saturated carbocycles. The van der Waals surface area contributed by atoms with E-state index in [0.29, 0.717) is 5.92 Å². The van der Waals surface area contributed by atoms with Crippen LogP contribution in [-0.4, -0.2) is 10.1 Å². The lowest BCUT2D eigenvalue weighted by Gasteiger charge is -2.39. The molecule has 0 bridgehead atoms. The molecule has 9 rings (SSSR count). The summed E-state index contributed by atoms with van der Waals surface area (Å²) < 4.78 is 2.37. The molecule has 0 N–H and O–H groups in total. The number of benzene rings is 6.